The Kier molecular flexibility index (Phi) is 7.42. The zero-order valence-corrected chi connectivity index (χ0v) is 19.8. The summed E-state index contributed by atoms with van der Waals surface area (Å²) in [6, 6.07) is 7.02. The van der Waals surface area contributed by atoms with Gasteiger partial charge in [0.1, 0.15) is 11.9 Å². The Morgan fingerprint density at radius 1 is 0.727 bits per heavy atom. The SMILES string of the molecule is COC(=O)C1=C(c2cc(OC)c(OC)c(OC)c2)O[C@@H](c2cc(OC)c(OC)c(OC)c2)C1. The van der Waals surface area contributed by atoms with Crippen molar-refractivity contribution in [2.24, 2.45) is 0 Å². The maximum atomic E-state index is 12.6. The first-order valence-electron chi connectivity index (χ1n) is 10.0. The number of methoxy groups -OCH3 is 7. The fourth-order valence-electron chi connectivity index (χ4n) is 3.76. The summed E-state index contributed by atoms with van der Waals surface area (Å²) in [6.07, 6.45) is -0.223. The topological polar surface area (TPSA) is 90.9 Å². The zero-order valence-electron chi connectivity index (χ0n) is 19.8. The molecule has 0 unspecified atom stereocenters. The molecule has 0 fully saturated rings. The van der Waals surface area contributed by atoms with Gasteiger partial charge in [-0.2, -0.15) is 0 Å². The van der Waals surface area contributed by atoms with Crippen LogP contribution in [0.25, 0.3) is 5.76 Å². The molecule has 0 amide bonds. The molecule has 33 heavy (non-hydrogen) atoms. The van der Waals surface area contributed by atoms with E-state index in [1.54, 1.807) is 24.3 Å². The van der Waals surface area contributed by atoms with Crippen LogP contribution in [0, 0.1) is 0 Å². The molecule has 9 heteroatoms. The van der Waals surface area contributed by atoms with Crippen LogP contribution in [0.3, 0.4) is 0 Å². The molecule has 3 rings (SSSR count). The summed E-state index contributed by atoms with van der Waals surface area (Å²) in [4.78, 5) is 12.6. The average Bonchev–Trinajstić information content (AvgIpc) is 3.31. The Labute approximate surface area is 192 Å². The second-order valence-electron chi connectivity index (χ2n) is 6.98. The molecule has 0 saturated carbocycles. The Morgan fingerprint density at radius 2 is 1.18 bits per heavy atom. The third kappa shape index (κ3) is 4.44. The molecule has 0 spiro atoms. The van der Waals surface area contributed by atoms with Gasteiger partial charge in [0.15, 0.2) is 23.0 Å². The molecule has 178 valence electrons. The van der Waals surface area contributed by atoms with E-state index in [4.69, 9.17) is 37.9 Å². The first-order valence-corrected chi connectivity index (χ1v) is 10.0. The molecule has 0 N–H and O–H groups in total. The molecule has 2 aromatic rings. The van der Waals surface area contributed by atoms with Crippen molar-refractivity contribution in [2.75, 3.05) is 49.8 Å². The van der Waals surface area contributed by atoms with Crippen molar-refractivity contribution in [1.29, 1.82) is 0 Å². The first kappa shape index (κ1) is 23.9. The van der Waals surface area contributed by atoms with Gasteiger partial charge < -0.3 is 37.9 Å². The maximum absolute atomic E-state index is 12.6. The van der Waals surface area contributed by atoms with E-state index < -0.39 is 12.1 Å². The van der Waals surface area contributed by atoms with E-state index >= 15 is 0 Å². The second-order valence-corrected chi connectivity index (χ2v) is 6.98. The summed E-state index contributed by atoms with van der Waals surface area (Å²) >= 11 is 0. The van der Waals surface area contributed by atoms with E-state index in [9.17, 15) is 4.79 Å². The van der Waals surface area contributed by atoms with E-state index in [1.807, 2.05) is 0 Å². The largest absolute Gasteiger partial charge is 0.493 e. The number of ether oxygens (including phenoxy) is 8. The van der Waals surface area contributed by atoms with E-state index in [2.05, 4.69) is 0 Å². The first-order chi connectivity index (χ1) is 16.0. The Balaban J connectivity index is 2.09. The number of rotatable bonds is 9. The summed E-state index contributed by atoms with van der Waals surface area (Å²) in [5, 5.41) is 0. The zero-order chi connectivity index (χ0) is 24.1. The van der Waals surface area contributed by atoms with Crippen molar-refractivity contribution < 1.29 is 42.7 Å². The van der Waals surface area contributed by atoms with Gasteiger partial charge in [-0.05, 0) is 24.3 Å². The van der Waals surface area contributed by atoms with Crippen molar-refractivity contribution in [3.63, 3.8) is 0 Å². The van der Waals surface area contributed by atoms with Gasteiger partial charge >= 0.3 is 5.97 Å². The van der Waals surface area contributed by atoms with Crippen LogP contribution in [0.1, 0.15) is 23.7 Å². The molecule has 0 saturated heterocycles. The maximum Gasteiger partial charge on any atom is 0.337 e. The van der Waals surface area contributed by atoms with Crippen molar-refractivity contribution in [3.8, 4) is 34.5 Å². The lowest BCUT2D eigenvalue weighted by molar-refractivity contribution is -0.136. The lowest BCUT2D eigenvalue weighted by atomic mass is 10.0. The van der Waals surface area contributed by atoms with Crippen LogP contribution in [0.5, 0.6) is 34.5 Å². The van der Waals surface area contributed by atoms with Gasteiger partial charge in [0, 0.05) is 17.5 Å². The van der Waals surface area contributed by atoms with Gasteiger partial charge in [0.05, 0.1) is 55.3 Å². The highest BCUT2D eigenvalue weighted by molar-refractivity contribution is 5.97. The highest BCUT2D eigenvalue weighted by Crippen LogP contribution is 2.48. The third-order valence-corrected chi connectivity index (χ3v) is 5.34. The highest BCUT2D eigenvalue weighted by Gasteiger charge is 2.34. The molecule has 1 aliphatic rings. The van der Waals surface area contributed by atoms with Crippen LogP contribution in [0.4, 0.5) is 0 Å². The van der Waals surface area contributed by atoms with Crippen LogP contribution in [0.2, 0.25) is 0 Å². The average molecular weight is 460 g/mol. The van der Waals surface area contributed by atoms with E-state index in [1.165, 1.54) is 49.8 Å². The lowest BCUT2D eigenvalue weighted by Crippen LogP contribution is -2.06. The number of benzene rings is 2. The number of esters is 1. The normalized spacial score (nSPS) is 14.9. The standard InChI is InChI=1S/C24H28O9/c1-26-17-8-13(9-18(27-2)22(17)30-5)16-12-15(24(25)32-7)21(33-16)14-10-19(28-3)23(31-6)20(11-14)29-4/h8-11,16H,12H2,1-7H3/t16-/m1/s1. The van der Waals surface area contributed by atoms with Crippen LogP contribution in [0.15, 0.2) is 29.8 Å². The summed E-state index contributed by atoms with van der Waals surface area (Å²) in [6.45, 7) is 0. The quantitative estimate of drug-likeness (QED) is 0.519. The van der Waals surface area contributed by atoms with Crippen molar-refractivity contribution in [3.05, 3.63) is 41.0 Å². The summed E-state index contributed by atoms with van der Waals surface area (Å²) in [7, 11) is 10.5. The molecule has 0 aromatic heterocycles. The summed E-state index contributed by atoms with van der Waals surface area (Å²) in [5.41, 5.74) is 1.71. The third-order valence-electron chi connectivity index (χ3n) is 5.34. The summed E-state index contributed by atoms with van der Waals surface area (Å²) < 4.78 is 43.9. The van der Waals surface area contributed by atoms with Crippen molar-refractivity contribution in [2.45, 2.75) is 12.5 Å². The molecule has 9 nitrogen and oxygen atoms in total. The highest BCUT2D eigenvalue weighted by atomic mass is 16.5. The number of hydrogen-bond donors (Lipinski definition) is 0. The van der Waals surface area contributed by atoms with E-state index in [0.717, 1.165) is 5.56 Å². The second kappa shape index (κ2) is 10.2. The van der Waals surface area contributed by atoms with Crippen LogP contribution in [-0.2, 0) is 14.3 Å². The Bertz CT molecular complexity index is 1010. The molecular formula is C24H28O9. The van der Waals surface area contributed by atoms with Crippen LogP contribution >= 0.6 is 0 Å². The number of hydrogen-bond acceptors (Lipinski definition) is 9. The molecule has 1 aliphatic heterocycles. The molecule has 0 aliphatic carbocycles. The van der Waals surface area contributed by atoms with Gasteiger partial charge in [0.2, 0.25) is 11.5 Å². The van der Waals surface area contributed by atoms with E-state index in [-0.39, 0.29) is 6.42 Å². The predicted octanol–water partition coefficient (Wildman–Crippen LogP) is 3.78. The number of carbonyl (C=O) groups excluding carboxylic acids is 1. The lowest BCUT2D eigenvalue weighted by Gasteiger charge is -2.19. The molecule has 1 heterocycles. The fraction of sp³-hybridized carbons (Fsp3) is 0.375. The Hall–Kier alpha value is -3.75. The van der Waals surface area contributed by atoms with Crippen LogP contribution in [-0.4, -0.2) is 55.7 Å². The smallest absolute Gasteiger partial charge is 0.337 e. The Morgan fingerprint density at radius 3 is 1.58 bits per heavy atom. The molecule has 0 bridgehead atoms. The van der Waals surface area contributed by atoms with Gasteiger partial charge in [-0.25, -0.2) is 4.79 Å². The minimum atomic E-state index is -0.498. The van der Waals surface area contributed by atoms with Crippen molar-refractivity contribution >= 4 is 11.7 Å². The minimum absolute atomic E-state index is 0.275. The van der Waals surface area contributed by atoms with Gasteiger partial charge in [-0.3, -0.25) is 0 Å². The van der Waals surface area contributed by atoms with Crippen molar-refractivity contribution in [1.82, 2.24) is 0 Å². The molecule has 2 aromatic carbocycles. The summed E-state index contributed by atoms with van der Waals surface area (Å²) in [5.74, 6) is 2.60. The molecular weight excluding hydrogens is 432 g/mol. The van der Waals surface area contributed by atoms with E-state index in [0.29, 0.717) is 51.4 Å². The van der Waals surface area contributed by atoms with Crippen LogP contribution < -0.4 is 28.4 Å². The monoisotopic (exact) mass is 460 g/mol. The van der Waals surface area contributed by atoms with Gasteiger partial charge in [-0.1, -0.05) is 0 Å². The van der Waals surface area contributed by atoms with Gasteiger partial charge in [-0.15, -0.1) is 0 Å². The molecule has 0 radical (unpaired) electrons. The predicted molar refractivity (Wildman–Crippen MR) is 120 cm³/mol. The minimum Gasteiger partial charge on any atom is -0.493 e. The number of carbonyl (C=O) groups is 1. The molecule has 1 atom stereocenters. The fourth-order valence-corrected chi connectivity index (χ4v) is 3.76. The van der Waals surface area contributed by atoms with Gasteiger partial charge in [0.25, 0.3) is 0 Å².